The zero-order valence-electron chi connectivity index (χ0n) is 10.5. The van der Waals surface area contributed by atoms with Gasteiger partial charge in [-0.2, -0.15) is 0 Å². The first-order valence-electron chi connectivity index (χ1n) is 5.72. The predicted octanol–water partition coefficient (Wildman–Crippen LogP) is 2.45. The fourth-order valence-electron chi connectivity index (χ4n) is 1.66. The molecule has 0 aliphatic heterocycles. The van der Waals surface area contributed by atoms with Crippen molar-refractivity contribution in [3.05, 3.63) is 29.6 Å². The molecule has 1 rings (SSSR count). The van der Waals surface area contributed by atoms with Crippen molar-refractivity contribution in [1.29, 1.82) is 0 Å². The van der Waals surface area contributed by atoms with Gasteiger partial charge in [0.05, 0.1) is 6.04 Å². The van der Waals surface area contributed by atoms with Crippen LogP contribution in [0.15, 0.2) is 18.2 Å². The van der Waals surface area contributed by atoms with Crippen LogP contribution in [-0.2, 0) is 4.79 Å². The van der Waals surface area contributed by atoms with Crippen molar-refractivity contribution in [2.45, 2.75) is 33.2 Å². The summed E-state index contributed by atoms with van der Waals surface area (Å²) in [5, 5.41) is 2.62. The minimum atomic E-state index is -0.557. The first-order chi connectivity index (χ1) is 7.88. The van der Waals surface area contributed by atoms with E-state index in [2.05, 4.69) is 5.32 Å². The smallest absolute Gasteiger partial charge is 0.241 e. The van der Waals surface area contributed by atoms with E-state index in [4.69, 9.17) is 5.73 Å². The van der Waals surface area contributed by atoms with E-state index in [1.54, 1.807) is 13.0 Å². The molecule has 4 heteroatoms. The van der Waals surface area contributed by atoms with E-state index in [-0.39, 0.29) is 11.7 Å². The van der Waals surface area contributed by atoms with Crippen LogP contribution in [0.25, 0.3) is 0 Å². The first kappa shape index (κ1) is 13.6. The lowest BCUT2D eigenvalue weighted by Crippen LogP contribution is -2.36. The monoisotopic (exact) mass is 238 g/mol. The van der Waals surface area contributed by atoms with Gasteiger partial charge >= 0.3 is 0 Å². The lowest BCUT2D eigenvalue weighted by molar-refractivity contribution is -0.117. The van der Waals surface area contributed by atoms with Crippen LogP contribution >= 0.6 is 0 Å². The summed E-state index contributed by atoms with van der Waals surface area (Å²) in [5.74, 6) is -0.286. The van der Waals surface area contributed by atoms with Crippen LogP contribution in [0.1, 0.15) is 25.8 Å². The second-order valence-electron chi connectivity index (χ2n) is 4.74. The Morgan fingerprint density at radius 3 is 2.59 bits per heavy atom. The predicted molar refractivity (Wildman–Crippen MR) is 67.2 cm³/mol. The highest BCUT2D eigenvalue weighted by atomic mass is 19.1. The highest BCUT2D eigenvalue weighted by Gasteiger charge is 2.15. The topological polar surface area (TPSA) is 55.1 Å². The fourth-order valence-corrected chi connectivity index (χ4v) is 1.66. The summed E-state index contributed by atoms with van der Waals surface area (Å²) >= 11 is 0. The summed E-state index contributed by atoms with van der Waals surface area (Å²) in [6.45, 7) is 5.77. The molecule has 0 bridgehead atoms. The fraction of sp³-hybridized carbons (Fsp3) is 0.462. The summed E-state index contributed by atoms with van der Waals surface area (Å²) in [4.78, 5) is 11.7. The number of hydrogen-bond donors (Lipinski definition) is 2. The Bertz CT molecular complexity index is 384. The molecule has 17 heavy (non-hydrogen) atoms. The second kappa shape index (κ2) is 5.77. The molecule has 0 unspecified atom stereocenters. The average Bonchev–Trinajstić information content (AvgIpc) is 2.14. The van der Waals surface area contributed by atoms with Crippen molar-refractivity contribution < 1.29 is 9.18 Å². The van der Waals surface area contributed by atoms with Gasteiger partial charge < -0.3 is 11.1 Å². The van der Waals surface area contributed by atoms with Crippen molar-refractivity contribution in [2.24, 2.45) is 11.7 Å². The van der Waals surface area contributed by atoms with Crippen LogP contribution in [0.4, 0.5) is 10.1 Å². The molecule has 0 heterocycles. The third-order valence-electron chi connectivity index (χ3n) is 2.37. The lowest BCUT2D eigenvalue weighted by Gasteiger charge is -2.14. The highest BCUT2D eigenvalue weighted by Crippen LogP contribution is 2.14. The van der Waals surface area contributed by atoms with Crippen LogP contribution in [0, 0.1) is 18.7 Å². The minimum Gasteiger partial charge on any atom is -0.325 e. The number of nitrogens with one attached hydrogen (secondary N) is 1. The number of nitrogens with two attached hydrogens (primary N) is 1. The molecule has 1 atom stereocenters. The Balaban J connectivity index is 2.67. The highest BCUT2D eigenvalue weighted by molar-refractivity contribution is 5.94. The van der Waals surface area contributed by atoms with Crippen LogP contribution in [-0.4, -0.2) is 11.9 Å². The maximum Gasteiger partial charge on any atom is 0.241 e. The van der Waals surface area contributed by atoms with Gasteiger partial charge in [0.2, 0.25) is 5.91 Å². The summed E-state index contributed by atoms with van der Waals surface area (Å²) in [6.07, 6.45) is 0.611. The van der Waals surface area contributed by atoms with Crippen molar-refractivity contribution in [3.8, 4) is 0 Å². The van der Waals surface area contributed by atoms with E-state index in [9.17, 15) is 9.18 Å². The van der Waals surface area contributed by atoms with Crippen LogP contribution in [0.2, 0.25) is 0 Å². The Morgan fingerprint density at radius 2 is 2.06 bits per heavy atom. The Kier molecular flexibility index (Phi) is 4.63. The summed E-state index contributed by atoms with van der Waals surface area (Å²) in [7, 11) is 0. The van der Waals surface area contributed by atoms with Gasteiger partial charge in [0.1, 0.15) is 5.82 Å². The zero-order chi connectivity index (χ0) is 13.0. The van der Waals surface area contributed by atoms with Crippen molar-refractivity contribution >= 4 is 11.6 Å². The van der Waals surface area contributed by atoms with Crippen LogP contribution in [0.3, 0.4) is 0 Å². The molecule has 0 aromatic heterocycles. The molecule has 0 aliphatic carbocycles. The molecule has 1 aromatic carbocycles. The number of benzene rings is 1. The normalized spacial score (nSPS) is 12.6. The van der Waals surface area contributed by atoms with Crippen molar-refractivity contribution in [1.82, 2.24) is 0 Å². The van der Waals surface area contributed by atoms with Crippen molar-refractivity contribution in [3.63, 3.8) is 0 Å². The number of anilines is 1. The first-order valence-corrected chi connectivity index (χ1v) is 5.72. The number of aryl methyl sites for hydroxylation is 1. The molecule has 94 valence electrons. The van der Waals surface area contributed by atoms with Gasteiger partial charge in [-0.25, -0.2) is 4.39 Å². The molecule has 0 saturated heterocycles. The molecular formula is C13H19FN2O. The van der Waals surface area contributed by atoms with E-state index in [0.29, 0.717) is 18.0 Å². The average molecular weight is 238 g/mol. The van der Waals surface area contributed by atoms with Crippen molar-refractivity contribution in [2.75, 3.05) is 5.32 Å². The third kappa shape index (κ3) is 4.53. The summed E-state index contributed by atoms with van der Waals surface area (Å²) < 4.78 is 13.1. The third-order valence-corrected chi connectivity index (χ3v) is 2.37. The standard InChI is InChI=1S/C13H19FN2O/c1-8(2)4-12(15)13(17)16-11-6-9(3)5-10(14)7-11/h5-8,12H,4,15H2,1-3H3,(H,16,17)/t12-/m1/s1. The summed E-state index contributed by atoms with van der Waals surface area (Å²) in [6, 6.07) is 3.85. The van der Waals surface area contributed by atoms with Gasteiger partial charge in [0, 0.05) is 5.69 Å². The molecule has 0 aliphatic rings. The molecule has 0 radical (unpaired) electrons. The van der Waals surface area contributed by atoms with E-state index in [0.717, 1.165) is 5.56 Å². The van der Waals surface area contributed by atoms with Gasteiger partial charge in [-0.1, -0.05) is 13.8 Å². The van der Waals surface area contributed by atoms with Gasteiger partial charge in [0.25, 0.3) is 0 Å². The Morgan fingerprint density at radius 1 is 1.41 bits per heavy atom. The molecule has 3 N–H and O–H groups in total. The summed E-state index contributed by atoms with van der Waals surface area (Å²) in [5.41, 5.74) is 6.95. The number of carbonyl (C=O) groups excluding carboxylic acids is 1. The minimum absolute atomic E-state index is 0.274. The number of amides is 1. The number of halogens is 1. The van der Waals surface area contributed by atoms with E-state index < -0.39 is 6.04 Å². The van der Waals surface area contributed by atoms with Gasteiger partial charge in [-0.15, -0.1) is 0 Å². The van der Waals surface area contributed by atoms with E-state index in [1.165, 1.54) is 12.1 Å². The van der Waals surface area contributed by atoms with Gasteiger partial charge in [0.15, 0.2) is 0 Å². The number of hydrogen-bond acceptors (Lipinski definition) is 2. The maximum absolute atomic E-state index is 13.1. The zero-order valence-corrected chi connectivity index (χ0v) is 10.5. The number of carbonyl (C=O) groups is 1. The largest absolute Gasteiger partial charge is 0.325 e. The molecule has 0 saturated carbocycles. The number of rotatable bonds is 4. The molecule has 1 aromatic rings. The molecule has 0 fully saturated rings. The van der Waals surface area contributed by atoms with E-state index in [1.807, 2.05) is 13.8 Å². The van der Waals surface area contributed by atoms with Crippen LogP contribution in [0.5, 0.6) is 0 Å². The second-order valence-corrected chi connectivity index (χ2v) is 4.74. The van der Waals surface area contributed by atoms with Gasteiger partial charge in [-0.05, 0) is 43.0 Å². The molecule has 0 spiro atoms. The molecule has 1 amide bonds. The maximum atomic E-state index is 13.1. The van der Waals surface area contributed by atoms with Gasteiger partial charge in [-0.3, -0.25) is 4.79 Å². The SMILES string of the molecule is Cc1cc(F)cc(NC(=O)[C@H](N)CC(C)C)c1. The van der Waals surface area contributed by atoms with E-state index >= 15 is 0 Å². The Labute approximate surface area is 101 Å². The lowest BCUT2D eigenvalue weighted by atomic mass is 10.0. The molecule has 3 nitrogen and oxygen atoms in total. The Hall–Kier alpha value is -1.42. The molecular weight excluding hydrogens is 219 g/mol. The quantitative estimate of drug-likeness (QED) is 0.846. The van der Waals surface area contributed by atoms with Crippen LogP contribution < -0.4 is 11.1 Å².